The van der Waals surface area contributed by atoms with Crippen LogP contribution in [0.15, 0.2) is 85.0 Å². The molecule has 0 fully saturated rings. The third-order valence-electron chi connectivity index (χ3n) is 16.7. The van der Waals surface area contributed by atoms with Crippen LogP contribution in [0.5, 0.6) is 23.0 Å². The van der Waals surface area contributed by atoms with E-state index in [0.29, 0.717) is 110 Å². The Bertz CT molecular complexity index is 3300. The number of hydrogen-bond donors (Lipinski definition) is 0. The summed E-state index contributed by atoms with van der Waals surface area (Å²) in [6, 6.07) is 14.2. The van der Waals surface area contributed by atoms with Gasteiger partial charge in [0.1, 0.15) is 82.3 Å². The largest absolute Gasteiger partial charge is 0.489 e. The molecule has 0 spiro atoms. The molecule has 18 heteroatoms. The highest BCUT2D eigenvalue weighted by Crippen LogP contribution is 2.42. The Labute approximate surface area is 579 Å². The van der Waals surface area contributed by atoms with Crippen LogP contribution in [0.25, 0.3) is 0 Å². The first-order valence-electron chi connectivity index (χ1n) is 35.1. The number of hydrogen-bond acceptors (Lipinski definition) is 18. The van der Waals surface area contributed by atoms with E-state index >= 15 is 0 Å². The molecule has 0 radical (unpaired) electrons. The molecule has 0 aliphatic heterocycles. The van der Waals surface area contributed by atoms with Gasteiger partial charge in [0.05, 0.1) is 7.11 Å². The number of unbranched alkanes of at least 4 members (excludes halogenated alkanes) is 12. The van der Waals surface area contributed by atoms with Crippen molar-refractivity contribution in [3.8, 4) is 23.0 Å². The zero-order valence-electron chi connectivity index (χ0n) is 59.4. The molecule has 0 saturated heterocycles. The molecule has 0 N–H and O–H groups in total. The molecule has 532 valence electrons. The van der Waals surface area contributed by atoms with Gasteiger partial charge in [0.15, 0.2) is 23.1 Å². The Hall–Kier alpha value is -8.67. The van der Waals surface area contributed by atoms with Crippen molar-refractivity contribution in [2.24, 2.45) is 0 Å². The van der Waals surface area contributed by atoms with E-state index in [4.69, 9.17) is 42.6 Å². The first-order valence-corrected chi connectivity index (χ1v) is 35.1. The predicted octanol–water partition coefficient (Wildman–Crippen LogP) is 16.0. The number of fused-ring (bicyclic) bond motifs is 8. The third kappa shape index (κ3) is 26.3. The zero-order valence-corrected chi connectivity index (χ0v) is 59.4. The lowest BCUT2D eigenvalue weighted by atomic mass is 9.86. The van der Waals surface area contributed by atoms with Gasteiger partial charge >= 0.3 is 29.8 Å². The second-order valence-corrected chi connectivity index (χ2v) is 25.3. The molecule has 1 aliphatic rings. The fraction of sp³-hybridized carbons (Fsp3) is 0.512. The van der Waals surface area contributed by atoms with Crippen LogP contribution in [0, 0.1) is 0 Å². The molecule has 18 nitrogen and oxygen atoms in total. The van der Waals surface area contributed by atoms with Gasteiger partial charge in [0, 0.05) is 90.3 Å². The monoisotopic (exact) mass is 1350 g/mol. The van der Waals surface area contributed by atoms with Crippen molar-refractivity contribution < 1.29 is 85.8 Å². The number of ether oxygens (including phenoxy) is 9. The maximum atomic E-state index is 14.9. The predicted molar refractivity (Wildman–Crippen MR) is 376 cm³/mol. The zero-order chi connectivity index (χ0) is 71.5. The SMILES string of the molecule is C=C(C)C(=O)OCCOc1c2cc(C(=O)CCCCCC)cc1Cc1cc(C(=O)CCCCCC)cc(c1OCCOC(=O)C(=C)C)Cc1cc(C(=O)CCCCCC)cc(c1OCCOC(=O)C(=C)C)Cc1cc(C(=O)CCCCCC)cc(c1OCCOC(=O)CC(=O)OC)C2. The summed E-state index contributed by atoms with van der Waals surface area (Å²) >= 11 is 0. The number of benzene rings is 4. The molecule has 5 rings (SSSR count). The Balaban J connectivity index is 2.03. The summed E-state index contributed by atoms with van der Waals surface area (Å²) in [6.07, 6.45) is 13.3. The van der Waals surface area contributed by atoms with E-state index in [-0.39, 0.29) is 150 Å². The van der Waals surface area contributed by atoms with Crippen molar-refractivity contribution in [1.29, 1.82) is 0 Å². The lowest BCUT2D eigenvalue weighted by Crippen LogP contribution is -2.18. The van der Waals surface area contributed by atoms with Crippen molar-refractivity contribution >= 4 is 53.0 Å². The quantitative estimate of drug-likeness (QED) is 0.00879. The maximum Gasteiger partial charge on any atom is 0.333 e. The molecule has 0 aromatic heterocycles. The molecular formula is C80H104O18. The summed E-state index contributed by atoms with van der Waals surface area (Å²) in [5.74, 6) is -2.97. The van der Waals surface area contributed by atoms with E-state index < -0.39 is 36.3 Å². The maximum absolute atomic E-state index is 14.9. The van der Waals surface area contributed by atoms with Gasteiger partial charge in [-0.15, -0.1) is 0 Å². The summed E-state index contributed by atoms with van der Waals surface area (Å²) in [4.78, 5) is 123. The van der Waals surface area contributed by atoms with Crippen LogP contribution in [0.3, 0.4) is 0 Å². The van der Waals surface area contributed by atoms with Gasteiger partial charge in [0.25, 0.3) is 0 Å². The third-order valence-corrected chi connectivity index (χ3v) is 16.7. The molecule has 0 heterocycles. The highest BCUT2D eigenvalue weighted by molar-refractivity contribution is 5.99. The molecule has 0 saturated carbocycles. The molecule has 0 unspecified atom stereocenters. The van der Waals surface area contributed by atoms with Crippen molar-refractivity contribution in [3.63, 3.8) is 0 Å². The Morgan fingerprint density at radius 2 is 0.541 bits per heavy atom. The molecule has 4 aromatic rings. The van der Waals surface area contributed by atoms with Crippen molar-refractivity contribution in [2.45, 2.75) is 209 Å². The van der Waals surface area contributed by atoms with Gasteiger partial charge in [-0.05, 0) is 139 Å². The minimum Gasteiger partial charge on any atom is -0.489 e. The van der Waals surface area contributed by atoms with Gasteiger partial charge in [-0.1, -0.05) is 124 Å². The molecule has 98 heavy (non-hydrogen) atoms. The lowest BCUT2D eigenvalue weighted by Gasteiger charge is -2.25. The minimum absolute atomic E-state index is 0.0451. The van der Waals surface area contributed by atoms with Crippen LogP contribution in [0.2, 0.25) is 0 Å². The molecule has 8 bridgehead atoms. The van der Waals surface area contributed by atoms with Crippen LogP contribution in [0.1, 0.15) is 269 Å². The Morgan fingerprint density at radius 3 is 0.745 bits per heavy atom. The number of carbonyl (C=O) groups is 9. The average Bonchev–Trinajstić information content (AvgIpc) is 0.773. The second-order valence-electron chi connectivity index (χ2n) is 25.3. The fourth-order valence-electron chi connectivity index (χ4n) is 11.4. The smallest absolute Gasteiger partial charge is 0.333 e. The van der Waals surface area contributed by atoms with Crippen LogP contribution in [-0.4, -0.2) is 113 Å². The van der Waals surface area contributed by atoms with E-state index in [0.717, 1.165) is 84.2 Å². The molecular weight excluding hydrogens is 1250 g/mol. The van der Waals surface area contributed by atoms with Crippen molar-refractivity contribution in [1.82, 2.24) is 0 Å². The lowest BCUT2D eigenvalue weighted by molar-refractivity contribution is -0.153. The van der Waals surface area contributed by atoms with E-state index in [2.05, 4.69) is 47.4 Å². The van der Waals surface area contributed by atoms with Gasteiger partial charge in [-0.3, -0.25) is 28.8 Å². The molecule has 1 aliphatic carbocycles. The summed E-state index contributed by atoms with van der Waals surface area (Å²) < 4.78 is 54.4. The first kappa shape index (κ1) is 80.0. The van der Waals surface area contributed by atoms with E-state index in [1.54, 1.807) is 48.5 Å². The van der Waals surface area contributed by atoms with Crippen molar-refractivity contribution in [2.75, 3.05) is 60.0 Å². The number of rotatable bonds is 45. The topological polar surface area (TPSA) is 237 Å². The van der Waals surface area contributed by atoms with Crippen LogP contribution in [-0.2, 0) is 73.3 Å². The number of esters is 5. The number of methoxy groups -OCH3 is 1. The van der Waals surface area contributed by atoms with Crippen LogP contribution < -0.4 is 18.9 Å². The summed E-state index contributed by atoms with van der Waals surface area (Å²) in [5, 5.41) is 0. The first-order chi connectivity index (χ1) is 47.1. The highest BCUT2D eigenvalue weighted by Gasteiger charge is 2.28. The summed E-state index contributed by atoms with van der Waals surface area (Å²) in [5.41, 5.74) is 5.72. The van der Waals surface area contributed by atoms with Crippen molar-refractivity contribution in [3.05, 3.63) is 152 Å². The Kier molecular flexibility index (Phi) is 35.0. The standard InChI is InChI=1S/C80H104O18/c1-12-16-20-24-28-68(81)56-40-60-48-62-42-57(69(82)29-25-21-17-13-2)44-64(75(62)93-34-37-96-78(87)53(5)6)50-66-46-59(71(84)31-27-23-19-15-4)47-67(77(66)95-36-39-98-80(89)55(9)10)51-65-45-58(70(83)30-26-22-18-14-3)43-63(76(65)94-35-38-97-79(88)54(7)8)49-61(41-56)74(60)92-33-32-91-73(86)52-72(85)90-11/h40-47H,5,7,9,12-39,48-52H2,1-4,6,8,10-11H3. The summed E-state index contributed by atoms with van der Waals surface area (Å²) in [6.45, 7) is 22.5. The average molecular weight is 1350 g/mol. The van der Waals surface area contributed by atoms with Crippen LogP contribution >= 0.6 is 0 Å². The molecule has 4 aromatic carbocycles. The van der Waals surface area contributed by atoms with Gasteiger partial charge in [-0.25, -0.2) is 14.4 Å². The number of ketones is 4. The van der Waals surface area contributed by atoms with Gasteiger partial charge in [0.2, 0.25) is 0 Å². The van der Waals surface area contributed by atoms with Gasteiger partial charge in [-0.2, -0.15) is 0 Å². The fourth-order valence-corrected chi connectivity index (χ4v) is 11.4. The summed E-state index contributed by atoms with van der Waals surface area (Å²) in [7, 11) is 1.16. The number of carbonyl (C=O) groups excluding carboxylic acids is 9. The molecule has 0 amide bonds. The van der Waals surface area contributed by atoms with E-state index in [1.807, 2.05) is 0 Å². The number of Topliss-reactive ketones (excluding diaryl/α,β-unsaturated/α-hetero) is 4. The minimum atomic E-state index is -0.849. The van der Waals surface area contributed by atoms with Gasteiger partial charge < -0.3 is 42.6 Å². The Morgan fingerprint density at radius 1 is 0.316 bits per heavy atom. The second kappa shape index (κ2) is 42.9. The highest BCUT2D eigenvalue weighted by atomic mass is 16.6. The van der Waals surface area contributed by atoms with E-state index in [9.17, 15) is 43.2 Å². The van der Waals surface area contributed by atoms with Crippen LogP contribution in [0.4, 0.5) is 0 Å². The normalized spacial score (nSPS) is 11.6. The molecule has 0 atom stereocenters. The van der Waals surface area contributed by atoms with E-state index in [1.165, 1.54) is 20.8 Å².